The smallest absolute Gasteiger partial charge is 0.165 e. The van der Waals surface area contributed by atoms with Crippen molar-refractivity contribution < 1.29 is 4.74 Å². The fraction of sp³-hybridized carbons (Fsp3) is 0.556. The highest BCUT2D eigenvalue weighted by Crippen LogP contribution is 2.22. The van der Waals surface area contributed by atoms with Crippen molar-refractivity contribution in [2.24, 2.45) is 5.92 Å². The molecule has 0 bridgehead atoms. The average molecular weight is 278 g/mol. The van der Waals surface area contributed by atoms with E-state index in [0.717, 1.165) is 36.2 Å². The maximum Gasteiger partial charge on any atom is 0.165 e. The predicted molar refractivity (Wildman–Crippen MR) is 57.4 cm³/mol. The van der Waals surface area contributed by atoms with Crippen LogP contribution in [0.25, 0.3) is 0 Å². The van der Waals surface area contributed by atoms with E-state index in [9.17, 15) is 0 Å². The van der Waals surface area contributed by atoms with E-state index in [0.29, 0.717) is 11.1 Å². The quantitative estimate of drug-likeness (QED) is 0.833. The molecule has 0 N–H and O–H groups in total. The zero-order chi connectivity index (χ0) is 9.97. The van der Waals surface area contributed by atoms with Gasteiger partial charge in [-0.1, -0.05) is 11.6 Å². The van der Waals surface area contributed by atoms with Crippen LogP contribution in [0.2, 0.25) is 5.15 Å². The lowest BCUT2D eigenvalue weighted by Gasteiger charge is -2.06. The summed E-state index contributed by atoms with van der Waals surface area (Å²) >= 11 is 9.08. The van der Waals surface area contributed by atoms with E-state index < -0.39 is 0 Å². The number of halogens is 2. The first kappa shape index (κ1) is 10.3. The van der Waals surface area contributed by atoms with Crippen LogP contribution in [0.5, 0.6) is 0 Å². The molecule has 0 amide bonds. The molecule has 1 aromatic heterocycles. The van der Waals surface area contributed by atoms with E-state index in [4.69, 9.17) is 16.3 Å². The van der Waals surface area contributed by atoms with Crippen LogP contribution >= 0.6 is 27.5 Å². The van der Waals surface area contributed by atoms with Crippen LogP contribution in [0.1, 0.15) is 12.1 Å². The molecule has 0 aliphatic carbocycles. The SMILES string of the molecule is Clc1nnc(CC2CCOC2)cc1Br. The van der Waals surface area contributed by atoms with Gasteiger partial charge in [-0.25, -0.2) is 0 Å². The van der Waals surface area contributed by atoms with Gasteiger partial charge in [-0.2, -0.15) is 5.10 Å². The van der Waals surface area contributed by atoms with Crippen molar-refractivity contribution in [3.8, 4) is 0 Å². The summed E-state index contributed by atoms with van der Waals surface area (Å²) in [4.78, 5) is 0. The Morgan fingerprint density at radius 3 is 3.07 bits per heavy atom. The van der Waals surface area contributed by atoms with Gasteiger partial charge in [0, 0.05) is 13.2 Å². The van der Waals surface area contributed by atoms with Gasteiger partial charge in [-0.15, -0.1) is 5.10 Å². The van der Waals surface area contributed by atoms with Gasteiger partial charge in [-0.05, 0) is 40.8 Å². The molecule has 5 heteroatoms. The molecular weight excluding hydrogens is 267 g/mol. The molecule has 1 aromatic rings. The number of nitrogens with zero attached hydrogens (tertiary/aromatic N) is 2. The first-order valence-electron chi connectivity index (χ1n) is 4.51. The fourth-order valence-electron chi connectivity index (χ4n) is 1.53. The lowest BCUT2D eigenvalue weighted by molar-refractivity contribution is 0.185. The monoisotopic (exact) mass is 276 g/mol. The Balaban J connectivity index is 2.05. The molecule has 2 heterocycles. The van der Waals surface area contributed by atoms with Crippen molar-refractivity contribution in [3.05, 3.63) is 21.4 Å². The minimum atomic E-state index is 0.413. The Labute approximate surface area is 95.9 Å². The lowest BCUT2D eigenvalue weighted by Crippen LogP contribution is -2.06. The Morgan fingerprint density at radius 1 is 1.57 bits per heavy atom. The van der Waals surface area contributed by atoms with Crippen LogP contribution in [0.4, 0.5) is 0 Å². The van der Waals surface area contributed by atoms with E-state index in [1.54, 1.807) is 0 Å². The average Bonchev–Trinajstić information content (AvgIpc) is 2.64. The van der Waals surface area contributed by atoms with Crippen LogP contribution < -0.4 is 0 Å². The topological polar surface area (TPSA) is 35.0 Å². The second-order valence-corrected chi connectivity index (χ2v) is 4.62. The molecule has 2 rings (SSSR count). The summed E-state index contributed by atoms with van der Waals surface area (Å²) in [6.45, 7) is 1.70. The number of rotatable bonds is 2. The number of aromatic nitrogens is 2. The maximum absolute atomic E-state index is 5.75. The molecule has 0 radical (unpaired) electrons. The van der Waals surface area contributed by atoms with Crippen molar-refractivity contribution >= 4 is 27.5 Å². The van der Waals surface area contributed by atoms with Crippen LogP contribution in [0.15, 0.2) is 10.5 Å². The third-order valence-corrected chi connectivity index (χ3v) is 3.39. The summed E-state index contributed by atoms with van der Waals surface area (Å²) < 4.78 is 6.11. The Bertz CT molecular complexity index is 329. The molecule has 1 atom stereocenters. The molecular formula is C9H10BrClN2O. The molecule has 1 unspecified atom stereocenters. The van der Waals surface area contributed by atoms with Crippen molar-refractivity contribution in [2.45, 2.75) is 12.8 Å². The normalized spacial score (nSPS) is 21.4. The first-order chi connectivity index (χ1) is 6.75. The van der Waals surface area contributed by atoms with Gasteiger partial charge in [0.15, 0.2) is 5.15 Å². The zero-order valence-corrected chi connectivity index (χ0v) is 9.88. The van der Waals surface area contributed by atoms with E-state index in [1.165, 1.54) is 0 Å². The molecule has 14 heavy (non-hydrogen) atoms. The maximum atomic E-state index is 5.75. The van der Waals surface area contributed by atoms with Gasteiger partial charge in [0.1, 0.15) is 0 Å². The third-order valence-electron chi connectivity index (χ3n) is 2.28. The van der Waals surface area contributed by atoms with Gasteiger partial charge in [0.25, 0.3) is 0 Å². The number of ether oxygens (including phenoxy) is 1. The van der Waals surface area contributed by atoms with Crippen molar-refractivity contribution in [3.63, 3.8) is 0 Å². The largest absolute Gasteiger partial charge is 0.381 e. The van der Waals surface area contributed by atoms with E-state index >= 15 is 0 Å². The standard InChI is InChI=1S/C9H10BrClN2O/c10-8-4-7(12-13-9(8)11)3-6-1-2-14-5-6/h4,6H,1-3,5H2. The Hall–Kier alpha value is -0.190. The molecule has 1 aliphatic heterocycles. The molecule has 76 valence electrons. The highest BCUT2D eigenvalue weighted by Gasteiger charge is 2.17. The van der Waals surface area contributed by atoms with Crippen LogP contribution in [0, 0.1) is 5.92 Å². The van der Waals surface area contributed by atoms with Gasteiger partial charge in [-0.3, -0.25) is 0 Å². The van der Waals surface area contributed by atoms with E-state index in [-0.39, 0.29) is 0 Å². The van der Waals surface area contributed by atoms with E-state index in [2.05, 4.69) is 26.1 Å². The fourth-order valence-corrected chi connectivity index (χ4v) is 1.97. The second-order valence-electron chi connectivity index (χ2n) is 3.41. The van der Waals surface area contributed by atoms with Gasteiger partial charge < -0.3 is 4.74 Å². The molecule has 1 fully saturated rings. The van der Waals surface area contributed by atoms with Gasteiger partial charge >= 0.3 is 0 Å². The highest BCUT2D eigenvalue weighted by molar-refractivity contribution is 9.10. The summed E-state index contributed by atoms with van der Waals surface area (Å²) in [6, 6.07) is 1.92. The molecule has 1 aliphatic rings. The minimum Gasteiger partial charge on any atom is -0.381 e. The van der Waals surface area contributed by atoms with Crippen molar-refractivity contribution in [2.75, 3.05) is 13.2 Å². The van der Waals surface area contributed by atoms with Crippen LogP contribution in [-0.2, 0) is 11.2 Å². The molecule has 0 saturated carbocycles. The van der Waals surface area contributed by atoms with Gasteiger partial charge in [0.05, 0.1) is 10.2 Å². The summed E-state index contributed by atoms with van der Waals surface area (Å²) in [5.41, 5.74) is 0.969. The summed E-state index contributed by atoms with van der Waals surface area (Å²) in [5, 5.41) is 8.30. The molecule has 3 nitrogen and oxygen atoms in total. The Kier molecular flexibility index (Phi) is 3.36. The number of hydrogen-bond acceptors (Lipinski definition) is 3. The second kappa shape index (κ2) is 4.55. The molecule has 0 aromatic carbocycles. The zero-order valence-electron chi connectivity index (χ0n) is 7.54. The predicted octanol–water partition coefficient (Wildman–Crippen LogP) is 2.47. The van der Waals surface area contributed by atoms with Gasteiger partial charge in [0.2, 0.25) is 0 Å². The third kappa shape index (κ3) is 2.43. The number of hydrogen-bond donors (Lipinski definition) is 0. The summed E-state index contributed by atoms with van der Waals surface area (Å²) in [5.74, 6) is 0.581. The lowest BCUT2D eigenvalue weighted by atomic mass is 10.0. The first-order valence-corrected chi connectivity index (χ1v) is 5.68. The van der Waals surface area contributed by atoms with Crippen molar-refractivity contribution in [1.82, 2.24) is 10.2 Å². The Morgan fingerprint density at radius 2 is 2.43 bits per heavy atom. The van der Waals surface area contributed by atoms with Crippen LogP contribution in [0.3, 0.4) is 0 Å². The highest BCUT2D eigenvalue weighted by atomic mass is 79.9. The minimum absolute atomic E-state index is 0.413. The molecule has 0 spiro atoms. The summed E-state index contributed by atoms with van der Waals surface area (Å²) in [7, 11) is 0. The summed E-state index contributed by atoms with van der Waals surface area (Å²) in [6.07, 6.45) is 2.03. The molecule has 1 saturated heterocycles. The van der Waals surface area contributed by atoms with E-state index in [1.807, 2.05) is 6.07 Å². The van der Waals surface area contributed by atoms with Crippen LogP contribution in [-0.4, -0.2) is 23.4 Å². The van der Waals surface area contributed by atoms with Crippen molar-refractivity contribution in [1.29, 1.82) is 0 Å².